The summed E-state index contributed by atoms with van der Waals surface area (Å²) in [6.45, 7) is 1.09. The van der Waals surface area contributed by atoms with Crippen LogP contribution < -0.4 is 5.73 Å². The minimum absolute atomic E-state index is 0.197. The molecule has 2 rings (SSSR count). The first-order chi connectivity index (χ1) is 9.09. The Morgan fingerprint density at radius 3 is 2.58 bits per heavy atom. The second-order valence-electron chi connectivity index (χ2n) is 5.44. The first-order valence-corrected chi connectivity index (χ1v) is 7.57. The van der Waals surface area contributed by atoms with Gasteiger partial charge < -0.3 is 10.6 Å². The van der Waals surface area contributed by atoms with Crippen molar-refractivity contribution in [2.24, 2.45) is 11.1 Å². The monoisotopic (exact) mass is 324 g/mol. The zero-order valence-corrected chi connectivity index (χ0v) is 12.9. The third-order valence-corrected chi connectivity index (χ3v) is 4.89. The lowest BCUT2D eigenvalue weighted by atomic mass is 9.84. The number of carbonyl (C=O) groups excluding carboxylic acids is 1. The minimum Gasteiger partial charge on any atom is -0.341 e. The van der Waals surface area contributed by atoms with Crippen molar-refractivity contribution in [3.05, 3.63) is 34.3 Å². The van der Waals surface area contributed by atoms with Gasteiger partial charge in [0.15, 0.2) is 0 Å². The summed E-state index contributed by atoms with van der Waals surface area (Å²) in [7, 11) is 1.87. The summed E-state index contributed by atoms with van der Waals surface area (Å²) in [5, 5.41) is 0. The molecule has 104 valence electrons. The number of halogens is 1. The van der Waals surface area contributed by atoms with E-state index in [2.05, 4.69) is 15.9 Å². The maximum absolute atomic E-state index is 12.6. The average molecular weight is 325 g/mol. The van der Waals surface area contributed by atoms with Crippen molar-refractivity contribution >= 4 is 21.8 Å². The van der Waals surface area contributed by atoms with Crippen LogP contribution in [0.15, 0.2) is 28.7 Å². The van der Waals surface area contributed by atoms with E-state index in [1.165, 1.54) is 0 Å². The number of hydrogen-bond acceptors (Lipinski definition) is 2. The Morgan fingerprint density at radius 1 is 1.37 bits per heavy atom. The predicted octanol–water partition coefficient (Wildman–Crippen LogP) is 2.93. The van der Waals surface area contributed by atoms with Crippen LogP contribution in [0, 0.1) is 5.41 Å². The van der Waals surface area contributed by atoms with Gasteiger partial charge in [-0.15, -0.1) is 0 Å². The van der Waals surface area contributed by atoms with Gasteiger partial charge in [-0.3, -0.25) is 4.79 Å². The zero-order chi connectivity index (χ0) is 13.9. The smallest absolute Gasteiger partial charge is 0.230 e. The van der Waals surface area contributed by atoms with Crippen LogP contribution in [0.2, 0.25) is 0 Å². The summed E-state index contributed by atoms with van der Waals surface area (Å²) < 4.78 is 1.04. The van der Waals surface area contributed by atoms with Crippen LogP contribution in [-0.4, -0.2) is 24.4 Å². The van der Waals surface area contributed by atoms with Crippen molar-refractivity contribution < 1.29 is 4.79 Å². The molecule has 0 bridgehead atoms. The number of benzene rings is 1. The first kappa shape index (κ1) is 14.5. The van der Waals surface area contributed by atoms with Crippen LogP contribution in [0.5, 0.6) is 0 Å². The topological polar surface area (TPSA) is 46.3 Å². The lowest BCUT2D eigenvalue weighted by Gasteiger charge is -2.31. The van der Waals surface area contributed by atoms with Crippen LogP contribution in [-0.2, 0) is 11.3 Å². The van der Waals surface area contributed by atoms with Crippen LogP contribution >= 0.6 is 15.9 Å². The largest absolute Gasteiger partial charge is 0.341 e. The first-order valence-electron chi connectivity index (χ1n) is 6.78. The van der Waals surface area contributed by atoms with Gasteiger partial charge in [0.1, 0.15) is 0 Å². The second kappa shape index (κ2) is 6.06. The average Bonchev–Trinajstić information content (AvgIpc) is 2.90. The van der Waals surface area contributed by atoms with Crippen LogP contribution in [0.3, 0.4) is 0 Å². The van der Waals surface area contributed by atoms with Crippen LogP contribution in [0.1, 0.15) is 31.2 Å². The standard InChI is InChI=1S/C15H21BrN2O/c1-18(10-12-6-2-3-7-13(12)16)14(19)15(11-17)8-4-5-9-15/h2-3,6-7H,4-5,8-11,17H2,1H3. The molecule has 0 aromatic heterocycles. The van der Waals surface area contributed by atoms with Crippen LogP contribution in [0.25, 0.3) is 0 Å². The molecule has 19 heavy (non-hydrogen) atoms. The fraction of sp³-hybridized carbons (Fsp3) is 0.533. The third-order valence-electron chi connectivity index (χ3n) is 4.12. The lowest BCUT2D eigenvalue weighted by molar-refractivity contribution is -0.140. The Hall–Kier alpha value is -0.870. The summed E-state index contributed by atoms with van der Waals surface area (Å²) >= 11 is 3.53. The number of hydrogen-bond donors (Lipinski definition) is 1. The van der Waals surface area contributed by atoms with Crippen molar-refractivity contribution in [2.75, 3.05) is 13.6 Å². The van der Waals surface area contributed by atoms with Gasteiger partial charge in [-0.05, 0) is 24.5 Å². The van der Waals surface area contributed by atoms with E-state index >= 15 is 0 Å². The summed E-state index contributed by atoms with van der Waals surface area (Å²) in [4.78, 5) is 14.5. The number of carbonyl (C=O) groups is 1. The van der Waals surface area contributed by atoms with Crippen molar-refractivity contribution in [1.29, 1.82) is 0 Å². The van der Waals surface area contributed by atoms with E-state index in [1.807, 2.05) is 36.2 Å². The SMILES string of the molecule is CN(Cc1ccccc1Br)C(=O)C1(CN)CCCC1. The molecule has 0 radical (unpaired) electrons. The van der Waals surface area contributed by atoms with E-state index in [-0.39, 0.29) is 11.3 Å². The van der Waals surface area contributed by atoms with E-state index in [0.29, 0.717) is 13.1 Å². The fourth-order valence-electron chi connectivity index (χ4n) is 2.92. The zero-order valence-electron chi connectivity index (χ0n) is 11.4. The van der Waals surface area contributed by atoms with Gasteiger partial charge in [-0.1, -0.05) is 47.0 Å². The van der Waals surface area contributed by atoms with E-state index in [1.54, 1.807) is 0 Å². The fourth-order valence-corrected chi connectivity index (χ4v) is 3.33. The molecule has 0 aliphatic heterocycles. The Kier molecular flexibility index (Phi) is 4.63. The molecule has 2 N–H and O–H groups in total. The van der Waals surface area contributed by atoms with Crippen LogP contribution in [0.4, 0.5) is 0 Å². The summed E-state index contributed by atoms with van der Waals surface area (Å²) in [5.41, 5.74) is 6.69. The highest BCUT2D eigenvalue weighted by atomic mass is 79.9. The molecule has 0 saturated heterocycles. The Labute approximate surface area is 123 Å². The van der Waals surface area contributed by atoms with E-state index in [0.717, 1.165) is 35.7 Å². The van der Waals surface area contributed by atoms with Gasteiger partial charge in [0.25, 0.3) is 0 Å². The van der Waals surface area contributed by atoms with Crippen molar-refractivity contribution in [3.8, 4) is 0 Å². The maximum Gasteiger partial charge on any atom is 0.230 e. The summed E-state index contributed by atoms with van der Waals surface area (Å²) in [6, 6.07) is 8.01. The normalized spacial score (nSPS) is 17.4. The van der Waals surface area contributed by atoms with Crippen molar-refractivity contribution in [2.45, 2.75) is 32.2 Å². The molecule has 0 atom stereocenters. The molecule has 1 aliphatic carbocycles. The quantitative estimate of drug-likeness (QED) is 0.925. The predicted molar refractivity (Wildman–Crippen MR) is 80.6 cm³/mol. The Morgan fingerprint density at radius 2 is 2.00 bits per heavy atom. The molecule has 0 unspecified atom stereocenters. The molecule has 1 aromatic rings. The molecular formula is C15H21BrN2O. The molecule has 3 nitrogen and oxygen atoms in total. The minimum atomic E-state index is -0.310. The highest BCUT2D eigenvalue weighted by molar-refractivity contribution is 9.10. The summed E-state index contributed by atoms with van der Waals surface area (Å²) in [5.74, 6) is 0.197. The number of rotatable bonds is 4. The highest BCUT2D eigenvalue weighted by Crippen LogP contribution is 2.38. The van der Waals surface area contributed by atoms with Crippen molar-refractivity contribution in [1.82, 2.24) is 4.90 Å². The van der Waals surface area contributed by atoms with Gasteiger partial charge >= 0.3 is 0 Å². The second-order valence-corrected chi connectivity index (χ2v) is 6.30. The molecule has 0 spiro atoms. The Bertz CT molecular complexity index is 455. The molecule has 1 saturated carbocycles. The lowest BCUT2D eigenvalue weighted by Crippen LogP contribution is -2.44. The van der Waals surface area contributed by atoms with Gasteiger partial charge in [-0.2, -0.15) is 0 Å². The molecule has 1 aromatic carbocycles. The maximum atomic E-state index is 12.6. The van der Waals surface area contributed by atoms with E-state index in [9.17, 15) is 4.79 Å². The summed E-state index contributed by atoms with van der Waals surface area (Å²) in [6.07, 6.45) is 4.10. The molecule has 0 heterocycles. The van der Waals surface area contributed by atoms with Gasteiger partial charge in [0.2, 0.25) is 5.91 Å². The molecule has 1 fully saturated rings. The number of nitrogens with two attached hydrogens (primary N) is 1. The highest BCUT2D eigenvalue weighted by Gasteiger charge is 2.41. The third kappa shape index (κ3) is 3.00. The number of amides is 1. The molecule has 4 heteroatoms. The molecule has 1 amide bonds. The van der Waals surface area contributed by atoms with Gasteiger partial charge in [0.05, 0.1) is 5.41 Å². The van der Waals surface area contributed by atoms with E-state index < -0.39 is 0 Å². The number of nitrogens with zero attached hydrogens (tertiary/aromatic N) is 1. The van der Waals surface area contributed by atoms with Crippen molar-refractivity contribution in [3.63, 3.8) is 0 Å². The molecular weight excluding hydrogens is 304 g/mol. The van der Waals surface area contributed by atoms with E-state index in [4.69, 9.17) is 5.73 Å². The Balaban J connectivity index is 2.09. The molecule has 1 aliphatic rings. The van der Waals surface area contributed by atoms with Gasteiger partial charge in [0, 0.05) is 24.6 Å². The van der Waals surface area contributed by atoms with Gasteiger partial charge in [-0.25, -0.2) is 0 Å².